The molecule has 0 radical (unpaired) electrons. The highest BCUT2D eigenvalue weighted by atomic mass is 32.2. The smallest absolute Gasteiger partial charge is 0.313 e. The summed E-state index contributed by atoms with van der Waals surface area (Å²) < 4.78 is 5.73. The molecule has 0 aliphatic carbocycles. The second kappa shape index (κ2) is 8.56. The summed E-state index contributed by atoms with van der Waals surface area (Å²) in [6, 6.07) is 7.37. The summed E-state index contributed by atoms with van der Waals surface area (Å²) >= 11 is 1.08. The molecule has 0 bridgehead atoms. The molecule has 0 fully saturated rings. The van der Waals surface area contributed by atoms with Crippen LogP contribution < -0.4 is 10.1 Å². The lowest BCUT2D eigenvalue weighted by Crippen LogP contribution is -2.29. The Labute approximate surface area is 129 Å². The molecule has 1 rings (SSSR count). The van der Waals surface area contributed by atoms with Crippen LogP contribution in [0.1, 0.15) is 32.4 Å². The molecule has 21 heavy (non-hydrogen) atoms. The zero-order valence-corrected chi connectivity index (χ0v) is 13.3. The number of hydrogen-bond acceptors (Lipinski definition) is 4. The van der Waals surface area contributed by atoms with E-state index in [1.165, 1.54) is 0 Å². The van der Waals surface area contributed by atoms with Gasteiger partial charge in [0.1, 0.15) is 5.75 Å². The number of para-hydroxylation sites is 1. The predicted octanol–water partition coefficient (Wildman–Crippen LogP) is 2.47. The van der Waals surface area contributed by atoms with Crippen molar-refractivity contribution in [1.29, 1.82) is 0 Å². The van der Waals surface area contributed by atoms with Crippen LogP contribution in [0.4, 0.5) is 0 Å². The second-order valence-corrected chi connectivity index (χ2v) is 5.87. The first-order valence-corrected chi connectivity index (χ1v) is 7.90. The van der Waals surface area contributed by atoms with Crippen LogP contribution in [0.3, 0.4) is 0 Å². The second-order valence-electron chi connectivity index (χ2n) is 4.88. The summed E-state index contributed by atoms with van der Waals surface area (Å²) in [6.45, 7) is 5.77. The predicted molar refractivity (Wildman–Crippen MR) is 83.7 cm³/mol. The normalized spacial score (nSPS) is 12.0. The van der Waals surface area contributed by atoms with E-state index in [-0.39, 0.29) is 29.6 Å². The highest BCUT2D eigenvalue weighted by molar-refractivity contribution is 8.00. The minimum Gasteiger partial charge on any atom is -0.491 e. The lowest BCUT2D eigenvalue weighted by Gasteiger charge is -2.19. The van der Waals surface area contributed by atoms with Crippen molar-refractivity contribution in [3.63, 3.8) is 0 Å². The lowest BCUT2D eigenvalue weighted by atomic mass is 10.1. The summed E-state index contributed by atoms with van der Waals surface area (Å²) in [5.74, 6) is -0.304. The van der Waals surface area contributed by atoms with Crippen molar-refractivity contribution in [3.8, 4) is 5.75 Å². The molecule has 0 aliphatic rings. The van der Waals surface area contributed by atoms with Crippen LogP contribution in [0.2, 0.25) is 0 Å². The Morgan fingerprint density at radius 2 is 1.90 bits per heavy atom. The van der Waals surface area contributed by atoms with Crippen molar-refractivity contribution in [2.75, 3.05) is 11.5 Å². The molecule has 1 aromatic rings. The third-order valence-corrected chi connectivity index (χ3v) is 3.50. The number of carbonyl (C=O) groups is 2. The third-order valence-electron chi connectivity index (χ3n) is 2.58. The molecular weight excluding hydrogens is 290 g/mol. The van der Waals surface area contributed by atoms with E-state index in [1.807, 2.05) is 45.0 Å². The minimum atomic E-state index is -0.920. The molecule has 6 heteroatoms. The van der Waals surface area contributed by atoms with E-state index in [2.05, 4.69) is 5.32 Å². The zero-order valence-electron chi connectivity index (χ0n) is 12.5. The first kappa shape index (κ1) is 17.4. The molecule has 5 nitrogen and oxygen atoms in total. The SMILES string of the molecule is CC(C)Oc1ccccc1C(C)NC(=O)CSCC(=O)O. The quantitative estimate of drug-likeness (QED) is 0.771. The molecule has 1 amide bonds. The number of amides is 1. The summed E-state index contributed by atoms with van der Waals surface area (Å²) in [4.78, 5) is 22.2. The van der Waals surface area contributed by atoms with Crippen molar-refractivity contribution in [3.05, 3.63) is 29.8 Å². The molecule has 116 valence electrons. The van der Waals surface area contributed by atoms with Gasteiger partial charge >= 0.3 is 5.97 Å². The van der Waals surface area contributed by atoms with E-state index in [1.54, 1.807) is 0 Å². The number of carboxylic acid groups (broad SMARTS) is 1. The maximum atomic E-state index is 11.8. The molecule has 0 heterocycles. The topological polar surface area (TPSA) is 75.6 Å². The standard InChI is InChI=1S/C15H21NO4S/c1-10(2)20-13-7-5-4-6-12(13)11(3)16-14(17)8-21-9-15(18)19/h4-7,10-11H,8-9H2,1-3H3,(H,16,17)(H,18,19). The van der Waals surface area contributed by atoms with Crippen LogP contribution in [0, 0.1) is 0 Å². The van der Waals surface area contributed by atoms with Gasteiger partial charge in [-0.15, -0.1) is 11.8 Å². The van der Waals surface area contributed by atoms with Gasteiger partial charge in [-0.2, -0.15) is 0 Å². The Morgan fingerprint density at radius 1 is 1.24 bits per heavy atom. The summed E-state index contributed by atoms with van der Waals surface area (Å²) in [7, 11) is 0. The molecule has 2 N–H and O–H groups in total. The number of ether oxygens (including phenoxy) is 1. The van der Waals surface area contributed by atoms with Crippen molar-refractivity contribution in [1.82, 2.24) is 5.32 Å². The summed E-state index contributed by atoms with van der Waals surface area (Å²) in [5, 5.41) is 11.4. The van der Waals surface area contributed by atoms with E-state index in [0.717, 1.165) is 23.1 Å². The number of rotatable bonds is 8. The number of carbonyl (C=O) groups excluding carboxylic acids is 1. The minimum absolute atomic E-state index is 0.0557. The number of nitrogens with one attached hydrogen (secondary N) is 1. The van der Waals surface area contributed by atoms with Gasteiger partial charge in [-0.25, -0.2) is 0 Å². The molecule has 1 unspecified atom stereocenters. The molecular formula is C15H21NO4S. The van der Waals surface area contributed by atoms with Crippen molar-refractivity contribution >= 4 is 23.6 Å². The van der Waals surface area contributed by atoms with E-state index < -0.39 is 5.97 Å². The maximum absolute atomic E-state index is 11.8. The highest BCUT2D eigenvalue weighted by Gasteiger charge is 2.15. The Morgan fingerprint density at radius 3 is 2.52 bits per heavy atom. The fourth-order valence-corrected chi connectivity index (χ4v) is 2.34. The fraction of sp³-hybridized carbons (Fsp3) is 0.467. The Kier molecular flexibility index (Phi) is 7.08. The summed E-state index contributed by atoms with van der Waals surface area (Å²) in [6.07, 6.45) is 0.0557. The van der Waals surface area contributed by atoms with Crippen LogP contribution >= 0.6 is 11.8 Å². The fourth-order valence-electron chi connectivity index (χ4n) is 1.79. The van der Waals surface area contributed by atoms with E-state index in [4.69, 9.17) is 9.84 Å². The zero-order chi connectivity index (χ0) is 15.8. The molecule has 1 atom stereocenters. The molecule has 1 aromatic carbocycles. The average molecular weight is 311 g/mol. The number of carboxylic acids is 1. The molecule has 0 saturated heterocycles. The van der Waals surface area contributed by atoms with Gasteiger partial charge < -0.3 is 15.2 Å². The molecule has 0 spiro atoms. The first-order chi connectivity index (χ1) is 9.90. The first-order valence-electron chi connectivity index (χ1n) is 6.74. The van der Waals surface area contributed by atoms with Crippen molar-refractivity contribution in [2.45, 2.75) is 32.9 Å². The Balaban J connectivity index is 2.60. The number of thioether (sulfide) groups is 1. The van der Waals surface area contributed by atoms with Crippen LogP contribution in [-0.2, 0) is 9.59 Å². The van der Waals surface area contributed by atoms with Crippen LogP contribution in [0.5, 0.6) is 5.75 Å². The maximum Gasteiger partial charge on any atom is 0.313 e. The van der Waals surface area contributed by atoms with E-state index in [9.17, 15) is 9.59 Å². The van der Waals surface area contributed by atoms with Crippen molar-refractivity contribution < 1.29 is 19.4 Å². The molecule has 0 aromatic heterocycles. The Bertz CT molecular complexity index is 490. The van der Waals surface area contributed by atoms with Crippen molar-refractivity contribution in [2.24, 2.45) is 0 Å². The highest BCUT2D eigenvalue weighted by Crippen LogP contribution is 2.25. The monoisotopic (exact) mass is 311 g/mol. The number of hydrogen-bond donors (Lipinski definition) is 2. The lowest BCUT2D eigenvalue weighted by molar-refractivity contribution is -0.133. The van der Waals surface area contributed by atoms with Crippen LogP contribution in [-0.4, -0.2) is 34.6 Å². The van der Waals surface area contributed by atoms with Gasteiger partial charge in [0, 0.05) is 5.56 Å². The number of aliphatic carboxylic acids is 1. The van der Waals surface area contributed by atoms with Crippen LogP contribution in [0.15, 0.2) is 24.3 Å². The van der Waals surface area contributed by atoms with Gasteiger partial charge in [0.2, 0.25) is 5.91 Å². The van der Waals surface area contributed by atoms with Gasteiger partial charge in [0.25, 0.3) is 0 Å². The van der Waals surface area contributed by atoms with E-state index >= 15 is 0 Å². The third kappa shape index (κ3) is 6.53. The molecule has 0 aliphatic heterocycles. The van der Waals surface area contributed by atoms with Gasteiger partial charge in [-0.05, 0) is 26.8 Å². The van der Waals surface area contributed by atoms with Crippen LogP contribution in [0.25, 0.3) is 0 Å². The average Bonchev–Trinajstić information content (AvgIpc) is 2.37. The number of benzene rings is 1. The van der Waals surface area contributed by atoms with E-state index in [0.29, 0.717) is 0 Å². The van der Waals surface area contributed by atoms with Gasteiger partial charge in [-0.1, -0.05) is 18.2 Å². The van der Waals surface area contributed by atoms with Gasteiger partial charge in [0.05, 0.1) is 23.7 Å². The largest absolute Gasteiger partial charge is 0.491 e. The van der Waals surface area contributed by atoms with Gasteiger partial charge in [-0.3, -0.25) is 9.59 Å². The van der Waals surface area contributed by atoms with Gasteiger partial charge in [0.15, 0.2) is 0 Å². The Hall–Kier alpha value is -1.69. The summed E-state index contributed by atoms with van der Waals surface area (Å²) in [5.41, 5.74) is 0.905. The molecule has 0 saturated carbocycles.